The van der Waals surface area contributed by atoms with E-state index in [9.17, 15) is 4.39 Å². The van der Waals surface area contributed by atoms with Crippen molar-refractivity contribution in [3.8, 4) is 34.4 Å². The van der Waals surface area contributed by atoms with Gasteiger partial charge in [0.25, 0.3) is 0 Å². The summed E-state index contributed by atoms with van der Waals surface area (Å²) in [5.74, 6) is 5.98. The molecule has 0 saturated carbocycles. The van der Waals surface area contributed by atoms with Crippen LogP contribution in [0.3, 0.4) is 0 Å². The van der Waals surface area contributed by atoms with E-state index in [0.29, 0.717) is 5.69 Å². The van der Waals surface area contributed by atoms with Crippen LogP contribution in [0.4, 0.5) is 10.2 Å². The van der Waals surface area contributed by atoms with Crippen molar-refractivity contribution in [3.05, 3.63) is 94.9 Å². The van der Waals surface area contributed by atoms with Gasteiger partial charge in [-0.2, -0.15) is 0 Å². The molecule has 4 rings (SSSR count). The zero-order valence-electron chi connectivity index (χ0n) is 14.7. The fraction of sp³-hybridized carbons (Fsp3) is 0. The summed E-state index contributed by atoms with van der Waals surface area (Å²) in [6.45, 7) is 0. The first-order valence-electron chi connectivity index (χ1n) is 8.59. The Morgan fingerprint density at radius 1 is 0.857 bits per heavy atom. The average molecular weight is 388 g/mol. The van der Waals surface area contributed by atoms with Crippen LogP contribution in [0.5, 0.6) is 0 Å². The van der Waals surface area contributed by atoms with Gasteiger partial charge in [-0.25, -0.2) is 9.37 Å². The molecular formula is C23H15ClFN3. The van der Waals surface area contributed by atoms with Crippen LogP contribution in [-0.4, -0.2) is 9.97 Å². The molecule has 0 saturated heterocycles. The highest BCUT2D eigenvalue weighted by Gasteiger charge is 2.15. The Kier molecular flexibility index (Phi) is 4.84. The second kappa shape index (κ2) is 7.59. The number of nitrogens with one attached hydrogen (secondary N) is 1. The van der Waals surface area contributed by atoms with Crippen molar-refractivity contribution in [1.29, 1.82) is 0 Å². The number of anilines is 1. The first-order valence-corrected chi connectivity index (χ1v) is 8.97. The molecule has 136 valence electrons. The zero-order chi connectivity index (χ0) is 19.5. The number of hydrogen-bond donors (Lipinski definition) is 2. The number of benzene rings is 3. The van der Waals surface area contributed by atoms with E-state index in [1.807, 2.05) is 42.5 Å². The molecule has 0 atom stereocenters. The van der Waals surface area contributed by atoms with Crippen LogP contribution in [0, 0.1) is 17.7 Å². The van der Waals surface area contributed by atoms with E-state index in [4.69, 9.17) is 17.3 Å². The molecule has 0 aliphatic carbocycles. The van der Waals surface area contributed by atoms with Gasteiger partial charge in [0.1, 0.15) is 17.3 Å². The van der Waals surface area contributed by atoms with E-state index in [2.05, 4.69) is 33.9 Å². The van der Waals surface area contributed by atoms with Gasteiger partial charge in [-0.05, 0) is 41.3 Å². The molecular weight excluding hydrogens is 373 g/mol. The van der Waals surface area contributed by atoms with Crippen molar-refractivity contribution >= 4 is 17.4 Å². The number of hydrogen-bond acceptors (Lipinski definition) is 2. The summed E-state index contributed by atoms with van der Waals surface area (Å²) < 4.78 is 14.1. The number of imidazole rings is 1. The van der Waals surface area contributed by atoms with E-state index < -0.39 is 5.82 Å². The first kappa shape index (κ1) is 17.8. The minimum atomic E-state index is -0.475. The number of halogens is 2. The lowest BCUT2D eigenvalue weighted by Crippen LogP contribution is -1.89. The van der Waals surface area contributed by atoms with Crippen molar-refractivity contribution in [2.75, 3.05) is 5.73 Å². The number of rotatable bonds is 2. The molecule has 3 aromatic carbocycles. The third-order valence-electron chi connectivity index (χ3n) is 4.26. The molecule has 3 N–H and O–H groups in total. The minimum absolute atomic E-state index is 0.177. The first-order chi connectivity index (χ1) is 13.6. The van der Waals surface area contributed by atoms with Crippen molar-refractivity contribution < 1.29 is 4.39 Å². The Balaban J connectivity index is 1.61. The highest BCUT2D eigenvalue weighted by Crippen LogP contribution is 2.29. The maximum Gasteiger partial charge on any atom is 0.158 e. The maximum atomic E-state index is 14.1. The molecule has 0 aliphatic rings. The van der Waals surface area contributed by atoms with Gasteiger partial charge in [-0.3, -0.25) is 0 Å². The number of aromatic nitrogens is 2. The largest absolute Gasteiger partial charge is 0.381 e. The van der Waals surface area contributed by atoms with Gasteiger partial charge in [-0.1, -0.05) is 66.1 Å². The summed E-state index contributed by atoms with van der Waals surface area (Å²) in [5, 5.41) is 0.254. The lowest BCUT2D eigenvalue weighted by atomic mass is 10.0. The van der Waals surface area contributed by atoms with E-state index in [-0.39, 0.29) is 22.2 Å². The third-order valence-corrected chi connectivity index (χ3v) is 4.57. The molecule has 0 radical (unpaired) electrons. The van der Waals surface area contributed by atoms with Gasteiger partial charge in [0, 0.05) is 5.56 Å². The lowest BCUT2D eigenvalue weighted by Gasteiger charge is -2.01. The van der Waals surface area contributed by atoms with Crippen LogP contribution in [0.25, 0.3) is 22.5 Å². The van der Waals surface area contributed by atoms with Gasteiger partial charge >= 0.3 is 0 Å². The van der Waals surface area contributed by atoms with Crippen LogP contribution in [0.15, 0.2) is 72.8 Å². The predicted molar refractivity (Wildman–Crippen MR) is 111 cm³/mol. The van der Waals surface area contributed by atoms with E-state index in [0.717, 1.165) is 16.7 Å². The van der Waals surface area contributed by atoms with Crippen LogP contribution in [0.1, 0.15) is 11.3 Å². The molecule has 0 amide bonds. The van der Waals surface area contributed by atoms with Gasteiger partial charge in [0.2, 0.25) is 0 Å². The number of nitrogen functional groups attached to an aromatic ring is 1. The summed E-state index contributed by atoms with van der Waals surface area (Å²) >= 11 is 6.09. The minimum Gasteiger partial charge on any atom is -0.381 e. The Bertz CT molecular complexity index is 1170. The maximum absolute atomic E-state index is 14.1. The fourth-order valence-electron chi connectivity index (χ4n) is 2.84. The Hall–Kier alpha value is -3.55. The summed E-state index contributed by atoms with van der Waals surface area (Å²) in [6, 6.07) is 22.5. The van der Waals surface area contributed by atoms with E-state index in [1.165, 1.54) is 12.1 Å². The summed E-state index contributed by atoms with van der Waals surface area (Å²) in [7, 11) is 0. The number of nitrogens with zero attached hydrogens (tertiary/aromatic N) is 1. The second-order valence-corrected chi connectivity index (χ2v) is 6.54. The fourth-order valence-corrected chi connectivity index (χ4v) is 3.09. The second-order valence-electron chi connectivity index (χ2n) is 6.14. The van der Waals surface area contributed by atoms with Crippen molar-refractivity contribution in [1.82, 2.24) is 9.97 Å². The molecule has 28 heavy (non-hydrogen) atoms. The van der Waals surface area contributed by atoms with E-state index >= 15 is 0 Å². The normalized spacial score (nSPS) is 10.4. The van der Waals surface area contributed by atoms with Crippen molar-refractivity contribution in [2.45, 2.75) is 0 Å². The quantitative estimate of drug-likeness (QED) is 0.445. The van der Waals surface area contributed by atoms with Crippen LogP contribution >= 0.6 is 11.6 Å². The van der Waals surface area contributed by atoms with Crippen LogP contribution in [-0.2, 0) is 0 Å². The summed E-state index contributed by atoms with van der Waals surface area (Å²) in [6.07, 6.45) is 0. The van der Waals surface area contributed by atoms with Crippen molar-refractivity contribution in [3.63, 3.8) is 0 Å². The third kappa shape index (κ3) is 3.62. The smallest absolute Gasteiger partial charge is 0.158 e. The molecule has 0 aliphatic heterocycles. The van der Waals surface area contributed by atoms with Gasteiger partial charge in [0.15, 0.2) is 5.82 Å². The summed E-state index contributed by atoms with van der Waals surface area (Å²) in [5.41, 5.74) is 9.62. The topological polar surface area (TPSA) is 54.7 Å². The Morgan fingerprint density at radius 3 is 2.29 bits per heavy atom. The zero-order valence-corrected chi connectivity index (χ0v) is 15.5. The monoisotopic (exact) mass is 387 g/mol. The number of nitrogens with two attached hydrogens (primary N) is 1. The van der Waals surface area contributed by atoms with Crippen LogP contribution < -0.4 is 5.73 Å². The molecule has 3 nitrogen and oxygen atoms in total. The highest BCUT2D eigenvalue weighted by atomic mass is 35.5. The van der Waals surface area contributed by atoms with E-state index in [1.54, 1.807) is 6.07 Å². The average Bonchev–Trinajstić information content (AvgIpc) is 3.07. The van der Waals surface area contributed by atoms with Crippen LogP contribution in [0.2, 0.25) is 5.02 Å². The van der Waals surface area contributed by atoms with Crippen molar-refractivity contribution in [2.24, 2.45) is 0 Å². The predicted octanol–water partition coefficient (Wildman–Crippen LogP) is 5.52. The SMILES string of the molecule is Nc1nc(-c2c(F)cccc2Cl)[nH]c1C#Cc1ccc(-c2ccccc2)cc1. The summed E-state index contributed by atoms with van der Waals surface area (Å²) in [4.78, 5) is 7.12. The molecule has 0 spiro atoms. The standard InChI is InChI=1S/C23H15ClFN3/c24-18-7-4-8-19(25)21(18)23-27-20(22(26)28-23)14-11-15-9-12-17(13-10-15)16-5-2-1-3-6-16/h1-10,12-13H,26H2,(H,27,28). The molecule has 1 aromatic heterocycles. The Morgan fingerprint density at radius 2 is 1.57 bits per heavy atom. The molecule has 4 aromatic rings. The molecule has 0 bridgehead atoms. The molecule has 0 unspecified atom stereocenters. The van der Waals surface area contributed by atoms with Gasteiger partial charge in [-0.15, -0.1) is 0 Å². The highest BCUT2D eigenvalue weighted by molar-refractivity contribution is 6.33. The van der Waals surface area contributed by atoms with Gasteiger partial charge in [0.05, 0.1) is 10.6 Å². The number of H-pyrrole nitrogens is 1. The molecule has 1 heterocycles. The lowest BCUT2D eigenvalue weighted by molar-refractivity contribution is 0.630. The Labute approximate surface area is 167 Å². The number of aromatic amines is 1. The molecule has 5 heteroatoms. The molecule has 0 fully saturated rings. The van der Waals surface area contributed by atoms with Gasteiger partial charge < -0.3 is 10.7 Å².